The molecule has 0 saturated heterocycles. The lowest BCUT2D eigenvalue weighted by molar-refractivity contribution is 0.482. The first kappa shape index (κ1) is 68.3. The third kappa shape index (κ3) is 10.5. The maximum atomic E-state index is 17.6. The van der Waals surface area contributed by atoms with Crippen molar-refractivity contribution >= 4 is 51.8 Å². The lowest BCUT2D eigenvalue weighted by Gasteiger charge is -2.37. The van der Waals surface area contributed by atoms with E-state index in [1.165, 1.54) is 36.4 Å². The van der Waals surface area contributed by atoms with E-state index in [-0.39, 0.29) is 17.2 Å². The monoisotopic (exact) mass is 1480 g/mol. The highest BCUT2D eigenvalue weighted by molar-refractivity contribution is 5.99. The second kappa shape index (κ2) is 26.7. The van der Waals surface area contributed by atoms with Crippen molar-refractivity contribution in [3.05, 3.63) is 471 Å². The molecule has 0 bridgehead atoms. The summed E-state index contributed by atoms with van der Waals surface area (Å²) in [4.78, 5) is 3.58. The molecule has 20 rings (SSSR count). The van der Waals surface area contributed by atoms with Crippen LogP contribution in [0.4, 0.5) is 60.5 Å². The summed E-state index contributed by atoms with van der Waals surface area (Å²) in [6.07, 6.45) is 9.32. The van der Waals surface area contributed by atoms with Crippen molar-refractivity contribution in [2.75, 3.05) is 9.80 Å². The average molecular weight is 1480 g/mol. The largest absolute Gasteiger partial charge is 0.457 e. The van der Waals surface area contributed by atoms with Crippen molar-refractivity contribution in [3.8, 4) is 56.4 Å². The van der Waals surface area contributed by atoms with Crippen LogP contribution in [0, 0.1) is 34.9 Å². The molecule has 3 atom stereocenters. The minimum absolute atomic E-state index is 0.0416. The Hall–Kier alpha value is -14.0. The molecule has 0 N–H and O–H groups in total. The fraction of sp³-hybridized carbons (Fsp3) is 0.0485. The van der Waals surface area contributed by atoms with E-state index in [1.807, 2.05) is 176 Å². The van der Waals surface area contributed by atoms with Gasteiger partial charge in [0.05, 0.1) is 27.6 Å². The molecule has 4 nitrogen and oxygen atoms in total. The Balaban J connectivity index is 0.773. The van der Waals surface area contributed by atoms with Gasteiger partial charge in [-0.3, -0.25) is 0 Å². The van der Waals surface area contributed by atoms with Gasteiger partial charge in [-0.05, 0) is 281 Å². The third-order valence-electron chi connectivity index (χ3n) is 23.6. The first-order valence-corrected chi connectivity index (χ1v) is 37.7. The minimum atomic E-state index is -1.14. The van der Waals surface area contributed by atoms with E-state index in [9.17, 15) is 0 Å². The lowest BCUT2D eigenvalue weighted by Crippen LogP contribution is -2.30. The summed E-state index contributed by atoms with van der Waals surface area (Å²) in [5, 5.41) is 0. The molecule has 542 valence electrons. The number of nitrogens with zero attached hydrogens (tertiary/aromatic N) is 2. The van der Waals surface area contributed by atoms with Crippen LogP contribution in [-0.4, -0.2) is 0 Å². The second-order valence-corrected chi connectivity index (χ2v) is 29.3. The number of allylic oxidation sites excluding steroid dienone is 4. The summed E-state index contributed by atoms with van der Waals surface area (Å²) in [7, 11) is 0. The van der Waals surface area contributed by atoms with Crippen molar-refractivity contribution in [2.45, 2.75) is 29.1 Å². The summed E-state index contributed by atoms with van der Waals surface area (Å²) in [5.74, 6) is -2.49. The zero-order valence-corrected chi connectivity index (χ0v) is 60.8. The number of hydrogen-bond acceptors (Lipinski definition) is 4. The van der Waals surface area contributed by atoms with Gasteiger partial charge in [-0.25, -0.2) is 26.3 Å². The molecular weight excluding hydrogens is 1410 g/mol. The first-order chi connectivity index (χ1) is 55.4. The maximum Gasteiger partial charge on any atom is 0.182 e. The summed E-state index contributed by atoms with van der Waals surface area (Å²) >= 11 is 0. The predicted octanol–water partition coefficient (Wildman–Crippen LogP) is 27.5. The van der Waals surface area contributed by atoms with E-state index in [0.717, 1.165) is 141 Å². The van der Waals surface area contributed by atoms with Crippen molar-refractivity contribution < 1.29 is 35.8 Å². The highest BCUT2D eigenvalue weighted by Crippen LogP contribution is 2.66. The normalized spacial score (nSPS) is 16.8. The van der Waals surface area contributed by atoms with Gasteiger partial charge in [0, 0.05) is 22.7 Å². The maximum absolute atomic E-state index is 17.6. The highest BCUT2D eigenvalue weighted by Gasteiger charge is 2.54. The standard InChI is InChI=1S/C103H66F6N2O2/c1-3-63-27-47-75(48-28-63)112-77-51-35-67(36-52-77)101(65-31-39-69(104)40-32-65)87-19-9-5-15-79(87)83-55-43-71(59-91(83)101)110(97-25-13-23-95(106)99(97)108)73-45-57-85-81-17-7-11-21-89(81)103(93(85)61-73)90-22-12-8-18-82(90)86-58-46-74(62-94(86)103)111(98-26-14-24-96(107)100(98)109)72-44-56-84-80-16-6-10-20-88(80)102(92(84)60-72,66-33-41-70(105)42-34-66)68-37-53-78(54-38-68)113-76-49-29-64(4-2)30-50-76/h3-9,11-19,21-62H,1-2,10,20H2. The van der Waals surface area contributed by atoms with Crippen LogP contribution in [0.3, 0.4) is 0 Å². The van der Waals surface area contributed by atoms with Crippen molar-refractivity contribution in [1.29, 1.82) is 0 Å². The molecule has 1 spiro atoms. The summed E-state index contributed by atoms with van der Waals surface area (Å²) in [6.45, 7) is 7.80. The number of ether oxygens (including phenoxy) is 2. The topological polar surface area (TPSA) is 24.9 Å². The second-order valence-electron chi connectivity index (χ2n) is 29.3. The van der Waals surface area contributed by atoms with E-state index in [0.29, 0.717) is 52.2 Å². The van der Waals surface area contributed by atoms with E-state index in [1.54, 1.807) is 34.1 Å². The number of anilines is 6. The Morgan fingerprint density at radius 3 is 1.03 bits per heavy atom. The molecule has 0 amide bonds. The van der Waals surface area contributed by atoms with E-state index < -0.39 is 45.3 Å². The van der Waals surface area contributed by atoms with E-state index in [2.05, 4.69) is 116 Å². The fourth-order valence-corrected chi connectivity index (χ4v) is 18.8. The van der Waals surface area contributed by atoms with Crippen LogP contribution in [0.5, 0.6) is 23.0 Å². The Bertz CT molecular complexity index is 6480. The molecular formula is C103H66F6N2O2. The molecule has 0 aliphatic heterocycles. The van der Waals surface area contributed by atoms with Crippen LogP contribution in [0.25, 0.3) is 51.1 Å². The number of rotatable bonds is 16. The van der Waals surface area contributed by atoms with Crippen molar-refractivity contribution in [1.82, 2.24) is 0 Å². The van der Waals surface area contributed by atoms with Crippen LogP contribution in [-0.2, 0) is 16.2 Å². The Morgan fingerprint density at radius 1 is 0.301 bits per heavy atom. The van der Waals surface area contributed by atoms with Crippen LogP contribution in [0.2, 0.25) is 0 Å². The van der Waals surface area contributed by atoms with Crippen LogP contribution < -0.4 is 19.3 Å². The molecule has 0 radical (unpaired) electrons. The molecule has 113 heavy (non-hydrogen) atoms. The number of fused-ring (bicyclic) bond motifs is 15. The number of halogens is 6. The Labute approximate surface area is 650 Å². The summed E-state index contributed by atoms with van der Waals surface area (Å²) in [6, 6.07) is 102. The molecule has 15 aromatic carbocycles. The number of hydrogen-bond donors (Lipinski definition) is 0. The number of benzene rings is 15. The highest BCUT2D eigenvalue weighted by atomic mass is 19.2. The predicted molar refractivity (Wildman–Crippen MR) is 440 cm³/mol. The van der Waals surface area contributed by atoms with Gasteiger partial charge >= 0.3 is 0 Å². The van der Waals surface area contributed by atoms with Gasteiger partial charge in [-0.15, -0.1) is 0 Å². The van der Waals surface area contributed by atoms with Gasteiger partial charge < -0.3 is 19.3 Å². The zero-order chi connectivity index (χ0) is 76.4. The first-order valence-electron chi connectivity index (χ1n) is 37.7. The Kier molecular flexibility index (Phi) is 16.1. The third-order valence-corrected chi connectivity index (χ3v) is 23.6. The summed E-state index contributed by atoms with van der Waals surface area (Å²) in [5.41, 5.74) is 18.8. The van der Waals surface area contributed by atoms with E-state index >= 15 is 26.3 Å². The van der Waals surface area contributed by atoms with Crippen molar-refractivity contribution in [2.24, 2.45) is 0 Å². The van der Waals surface area contributed by atoms with Crippen LogP contribution >= 0.6 is 0 Å². The lowest BCUT2D eigenvalue weighted by atomic mass is 9.65. The quantitative estimate of drug-likeness (QED) is 0.0900. The van der Waals surface area contributed by atoms with E-state index in [4.69, 9.17) is 9.47 Å². The molecule has 3 unspecified atom stereocenters. The smallest absolute Gasteiger partial charge is 0.182 e. The van der Waals surface area contributed by atoms with Gasteiger partial charge in [0.25, 0.3) is 0 Å². The molecule has 0 fully saturated rings. The van der Waals surface area contributed by atoms with Gasteiger partial charge in [0.2, 0.25) is 0 Å². The summed E-state index contributed by atoms with van der Waals surface area (Å²) < 4.78 is 112. The minimum Gasteiger partial charge on any atom is -0.457 e. The molecule has 15 aromatic rings. The van der Waals surface area contributed by atoms with Gasteiger partial charge in [0.15, 0.2) is 23.3 Å². The van der Waals surface area contributed by atoms with Crippen LogP contribution in [0.15, 0.2) is 358 Å². The molecule has 0 aromatic heterocycles. The van der Waals surface area contributed by atoms with Crippen molar-refractivity contribution in [3.63, 3.8) is 0 Å². The average Bonchev–Trinajstić information content (AvgIpc) is 1.47. The molecule has 0 saturated carbocycles. The van der Waals surface area contributed by atoms with Gasteiger partial charge in [-0.1, -0.05) is 219 Å². The molecule has 5 aliphatic carbocycles. The van der Waals surface area contributed by atoms with Gasteiger partial charge in [0.1, 0.15) is 34.6 Å². The fourth-order valence-electron chi connectivity index (χ4n) is 18.8. The molecule has 10 heteroatoms. The van der Waals surface area contributed by atoms with Gasteiger partial charge in [-0.2, -0.15) is 0 Å². The zero-order valence-electron chi connectivity index (χ0n) is 60.8. The Morgan fingerprint density at radius 2 is 0.628 bits per heavy atom. The molecule has 5 aliphatic rings. The molecule has 0 heterocycles. The van der Waals surface area contributed by atoms with Crippen LogP contribution in [0.1, 0.15) is 90.7 Å². The SMILES string of the molecule is C=Cc1ccc(Oc2ccc(C3(c4ccc(F)cc4)C4=C(C=CCC4)c4ccc(N(c5ccc6c(c5)C5(c7ccccc7-6)c6ccccc6-c6ccc(N(c7ccc8c(c7)C(c7ccc(F)cc7)(c7ccc(Oc9ccc(C=C)cc9)cc7)c7ccccc7-8)c7cccc(F)c7F)cc65)c5cccc(F)c5F)cc43)cc2)cc1.